The normalized spacial score (nSPS) is 14.9. The number of hydrogen-bond acceptors (Lipinski definition) is 2. The summed E-state index contributed by atoms with van der Waals surface area (Å²) in [7, 11) is 3.50. The molecule has 7 heteroatoms. The lowest BCUT2D eigenvalue weighted by molar-refractivity contribution is -0.123. The van der Waals surface area contributed by atoms with Crippen LogP contribution in [0.1, 0.15) is 16.7 Å². The third-order valence-corrected chi connectivity index (χ3v) is 3.36. The summed E-state index contributed by atoms with van der Waals surface area (Å²) in [4.78, 5) is 15.0. The standard InChI is InChI=1S/C14H18F3N3O/c1-19-7-11-4-3-10(5-12(11)8-19)6-20(2)13(21)18-9-14(15,16)17/h3-5H,6-9H2,1-2H3,(H,18,21). The summed E-state index contributed by atoms with van der Waals surface area (Å²) in [6.45, 7) is 0.719. The van der Waals surface area contributed by atoms with Crippen molar-refractivity contribution in [2.75, 3.05) is 20.6 Å². The number of fused-ring (bicyclic) bond motifs is 1. The molecule has 1 aliphatic rings. The molecule has 1 aliphatic heterocycles. The van der Waals surface area contributed by atoms with E-state index >= 15 is 0 Å². The van der Waals surface area contributed by atoms with Crippen LogP contribution in [-0.4, -0.2) is 42.6 Å². The monoisotopic (exact) mass is 301 g/mol. The molecule has 0 saturated heterocycles. The van der Waals surface area contributed by atoms with Crippen molar-refractivity contribution < 1.29 is 18.0 Å². The van der Waals surface area contributed by atoms with Gasteiger partial charge in [-0.05, 0) is 23.7 Å². The van der Waals surface area contributed by atoms with Crippen LogP contribution in [0.2, 0.25) is 0 Å². The van der Waals surface area contributed by atoms with E-state index in [0.717, 1.165) is 18.7 Å². The first-order valence-corrected chi connectivity index (χ1v) is 6.59. The Morgan fingerprint density at radius 3 is 2.67 bits per heavy atom. The Kier molecular flexibility index (Phi) is 4.41. The Bertz CT molecular complexity index is 531. The number of amides is 2. The van der Waals surface area contributed by atoms with E-state index < -0.39 is 18.8 Å². The van der Waals surface area contributed by atoms with Crippen molar-refractivity contribution in [2.45, 2.75) is 25.8 Å². The van der Waals surface area contributed by atoms with Crippen LogP contribution in [0.4, 0.5) is 18.0 Å². The third kappa shape index (κ3) is 4.35. The summed E-state index contributed by atoms with van der Waals surface area (Å²) in [6.07, 6.45) is -4.39. The maximum Gasteiger partial charge on any atom is 0.405 e. The third-order valence-electron chi connectivity index (χ3n) is 3.36. The van der Waals surface area contributed by atoms with Crippen LogP contribution in [-0.2, 0) is 19.6 Å². The lowest BCUT2D eigenvalue weighted by Gasteiger charge is -2.19. The van der Waals surface area contributed by atoms with Crippen molar-refractivity contribution in [3.05, 3.63) is 34.9 Å². The van der Waals surface area contributed by atoms with Gasteiger partial charge in [0.05, 0.1) is 0 Å². The van der Waals surface area contributed by atoms with E-state index in [9.17, 15) is 18.0 Å². The molecule has 0 spiro atoms. The quantitative estimate of drug-likeness (QED) is 0.930. The molecule has 0 aliphatic carbocycles. The van der Waals surface area contributed by atoms with Gasteiger partial charge in [0.25, 0.3) is 0 Å². The molecule has 2 amide bonds. The molecule has 2 rings (SSSR count). The van der Waals surface area contributed by atoms with Crippen molar-refractivity contribution in [3.8, 4) is 0 Å². The van der Waals surface area contributed by atoms with Crippen LogP contribution >= 0.6 is 0 Å². The molecule has 1 N–H and O–H groups in total. The van der Waals surface area contributed by atoms with E-state index in [0.29, 0.717) is 0 Å². The number of carbonyl (C=O) groups is 1. The molecule has 0 fully saturated rings. The van der Waals surface area contributed by atoms with E-state index in [2.05, 4.69) is 4.90 Å². The topological polar surface area (TPSA) is 35.6 Å². The molecule has 0 atom stereocenters. The Morgan fingerprint density at radius 1 is 1.33 bits per heavy atom. The number of alkyl halides is 3. The lowest BCUT2D eigenvalue weighted by atomic mass is 10.1. The summed E-state index contributed by atoms with van der Waals surface area (Å²) in [5, 5.41) is 1.86. The number of hydrogen-bond donors (Lipinski definition) is 1. The number of nitrogens with zero attached hydrogens (tertiary/aromatic N) is 2. The molecule has 0 saturated carbocycles. The van der Waals surface area contributed by atoms with Gasteiger partial charge in [-0.2, -0.15) is 13.2 Å². The van der Waals surface area contributed by atoms with E-state index in [1.807, 2.05) is 30.6 Å². The van der Waals surface area contributed by atoms with Gasteiger partial charge in [0.15, 0.2) is 0 Å². The van der Waals surface area contributed by atoms with Gasteiger partial charge >= 0.3 is 12.2 Å². The number of urea groups is 1. The van der Waals surface area contributed by atoms with Crippen molar-refractivity contribution in [1.29, 1.82) is 0 Å². The number of nitrogens with one attached hydrogen (secondary N) is 1. The van der Waals surface area contributed by atoms with Gasteiger partial charge in [0, 0.05) is 26.7 Å². The molecule has 4 nitrogen and oxygen atoms in total. The lowest BCUT2D eigenvalue weighted by Crippen LogP contribution is -2.41. The van der Waals surface area contributed by atoms with Gasteiger partial charge in [-0.15, -0.1) is 0 Å². The van der Waals surface area contributed by atoms with Gasteiger partial charge in [-0.1, -0.05) is 18.2 Å². The molecule has 21 heavy (non-hydrogen) atoms. The zero-order chi connectivity index (χ0) is 15.6. The van der Waals surface area contributed by atoms with Gasteiger partial charge in [-0.25, -0.2) is 4.79 Å². The van der Waals surface area contributed by atoms with Crippen LogP contribution in [0.5, 0.6) is 0 Å². The molecule has 1 aromatic carbocycles. The summed E-state index contributed by atoms with van der Waals surface area (Å²) >= 11 is 0. The van der Waals surface area contributed by atoms with Crippen molar-refractivity contribution in [1.82, 2.24) is 15.1 Å². The second kappa shape index (κ2) is 5.93. The average molecular weight is 301 g/mol. The summed E-state index contributed by atoms with van der Waals surface area (Å²) < 4.78 is 36.2. The van der Waals surface area contributed by atoms with E-state index in [1.165, 1.54) is 23.1 Å². The summed E-state index contributed by atoms with van der Waals surface area (Å²) in [6, 6.07) is 5.19. The predicted octanol–water partition coefficient (Wildman–Crippen LogP) is 2.34. The van der Waals surface area contributed by atoms with Crippen molar-refractivity contribution >= 4 is 6.03 Å². The molecule has 1 aromatic rings. The van der Waals surface area contributed by atoms with Crippen molar-refractivity contribution in [3.63, 3.8) is 0 Å². The van der Waals surface area contributed by atoms with Crippen LogP contribution in [0.3, 0.4) is 0 Å². The second-order valence-corrected chi connectivity index (χ2v) is 5.41. The zero-order valence-corrected chi connectivity index (χ0v) is 12.0. The molecular weight excluding hydrogens is 283 g/mol. The first-order valence-electron chi connectivity index (χ1n) is 6.59. The number of halogens is 3. The van der Waals surface area contributed by atoms with Gasteiger partial charge in [0.2, 0.25) is 0 Å². The molecule has 0 radical (unpaired) electrons. The van der Waals surface area contributed by atoms with Crippen molar-refractivity contribution in [2.24, 2.45) is 0 Å². The minimum atomic E-state index is -4.39. The number of rotatable bonds is 3. The minimum absolute atomic E-state index is 0.278. The molecule has 0 unspecified atom stereocenters. The van der Waals surface area contributed by atoms with Gasteiger partial charge in [-0.3, -0.25) is 4.90 Å². The van der Waals surface area contributed by atoms with E-state index in [1.54, 1.807) is 0 Å². The van der Waals surface area contributed by atoms with Crippen LogP contribution in [0.15, 0.2) is 18.2 Å². The Morgan fingerprint density at radius 2 is 2.00 bits per heavy atom. The number of benzene rings is 1. The Balaban J connectivity index is 1.92. The highest BCUT2D eigenvalue weighted by Crippen LogP contribution is 2.22. The molecule has 1 heterocycles. The highest BCUT2D eigenvalue weighted by Gasteiger charge is 2.28. The second-order valence-electron chi connectivity index (χ2n) is 5.41. The first-order chi connectivity index (χ1) is 9.74. The highest BCUT2D eigenvalue weighted by atomic mass is 19.4. The zero-order valence-electron chi connectivity index (χ0n) is 12.0. The van der Waals surface area contributed by atoms with Crippen LogP contribution in [0, 0.1) is 0 Å². The van der Waals surface area contributed by atoms with E-state index in [-0.39, 0.29) is 6.54 Å². The maximum absolute atomic E-state index is 12.1. The van der Waals surface area contributed by atoms with Crippen LogP contribution < -0.4 is 5.32 Å². The molecule has 0 aromatic heterocycles. The van der Waals surface area contributed by atoms with Gasteiger partial charge in [0.1, 0.15) is 6.54 Å². The fraction of sp³-hybridized carbons (Fsp3) is 0.500. The first kappa shape index (κ1) is 15.6. The fourth-order valence-electron chi connectivity index (χ4n) is 2.37. The highest BCUT2D eigenvalue weighted by molar-refractivity contribution is 5.73. The molecular formula is C14H18F3N3O. The Labute approximate surface area is 121 Å². The van der Waals surface area contributed by atoms with E-state index in [4.69, 9.17) is 0 Å². The number of carbonyl (C=O) groups excluding carboxylic acids is 1. The SMILES string of the molecule is CN1Cc2ccc(CN(C)C(=O)NCC(F)(F)F)cc2C1. The summed E-state index contributed by atoms with van der Waals surface area (Å²) in [5.41, 5.74) is 3.37. The smallest absolute Gasteiger partial charge is 0.329 e. The minimum Gasteiger partial charge on any atom is -0.329 e. The molecule has 0 bridgehead atoms. The largest absolute Gasteiger partial charge is 0.405 e. The molecule has 116 valence electrons. The average Bonchev–Trinajstić information content (AvgIpc) is 2.74. The van der Waals surface area contributed by atoms with Gasteiger partial charge < -0.3 is 10.2 Å². The maximum atomic E-state index is 12.1. The fourth-order valence-corrected chi connectivity index (χ4v) is 2.37. The van der Waals surface area contributed by atoms with Crippen LogP contribution in [0.25, 0.3) is 0 Å². The predicted molar refractivity (Wildman–Crippen MR) is 72.5 cm³/mol. The Hall–Kier alpha value is -1.76. The summed E-state index contributed by atoms with van der Waals surface area (Å²) in [5.74, 6) is 0.